The van der Waals surface area contributed by atoms with E-state index in [-0.39, 0.29) is 18.1 Å². The number of anilines is 1. The molecule has 0 radical (unpaired) electrons. The minimum atomic E-state index is -3.81. The average molecular weight is 434 g/mol. The average Bonchev–Trinajstić information content (AvgIpc) is 3.19. The summed E-state index contributed by atoms with van der Waals surface area (Å²) < 4.78 is 48.5. The standard InChI is InChI=1S/C19H19FN4O5S/c1-28-16-8-6-13(7-9-16)19-22-18(29-23-19)11-21-17(25)12-24(30(2,26)27)15-5-3-4-14(20)10-15/h3-10H,11-12H2,1-2H3,(H,21,25). The van der Waals surface area contributed by atoms with Gasteiger partial charge < -0.3 is 14.6 Å². The molecule has 0 bridgehead atoms. The van der Waals surface area contributed by atoms with E-state index in [1.165, 1.54) is 18.2 Å². The Bertz CT molecular complexity index is 1130. The molecule has 9 nitrogen and oxygen atoms in total. The van der Waals surface area contributed by atoms with Crippen LogP contribution >= 0.6 is 0 Å². The third-order valence-electron chi connectivity index (χ3n) is 4.04. The van der Waals surface area contributed by atoms with Crippen molar-refractivity contribution in [1.82, 2.24) is 15.5 Å². The van der Waals surface area contributed by atoms with E-state index in [1.807, 2.05) is 0 Å². The van der Waals surface area contributed by atoms with Gasteiger partial charge >= 0.3 is 0 Å². The molecule has 3 aromatic rings. The maximum atomic E-state index is 13.5. The molecule has 158 valence electrons. The molecule has 1 aromatic heterocycles. The van der Waals surface area contributed by atoms with E-state index in [0.29, 0.717) is 17.1 Å². The van der Waals surface area contributed by atoms with Gasteiger partial charge in [0.1, 0.15) is 18.1 Å². The monoisotopic (exact) mass is 434 g/mol. The van der Waals surface area contributed by atoms with Gasteiger partial charge in [-0.15, -0.1) is 0 Å². The zero-order chi connectivity index (χ0) is 21.7. The molecule has 0 aliphatic heterocycles. The van der Waals surface area contributed by atoms with E-state index in [1.54, 1.807) is 31.4 Å². The summed E-state index contributed by atoms with van der Waals surface area (Å²) in [5.74, 6) is -0.0684. The predicted octanol–water partition coefficient (Wildman–Crippen LogP) is 1.97. The second-order valence-electron chi connectivity index (χ2n) is 6.27. The molecular weight excluding hydrogens is 415 g/mol. The Morgan fingerprint density at radius 3 is 2.60 bits per heavy atom. The second-order valence-corrected chi connectivity index (χ2v) is 8.17. The second kappa shape index (κ2) is 8.91. The molecule has 0 aliphatic rings. The minimum Gasteiger partial charge on any atom is -0.497 e. The maximum absolute atomic E-state index is 13.5. The van der Waals surface area contributed by atoms with Crippen LogP contribution in [0.4, 0.5) is 10.1 Å². The van der Waals surface area contributed by atoms with Crippen molar-refractivity contribution >= 4 is 21.6 Å². The third-order valence-corrected chi connectivity index (χ3v) is 5.18. The van der Waals surface area contributed by atoms with Gasteiger partial charge in [0.15, 0.2) is 0 Å². The van der Waals surface area contributed by atoms with Gasteiger partial charge in [0, 0.05) is 5.56 Å². The number of carbonyl (C=O) groups excluding carboxylic acids is 1. The van der Waals surface area contributed by atoms with Crippen LogP contribution in [0.3, 0.4) is 0 Å². The lowest BCUT2D eigenvalue weighted by Gasteiger charge is -2.21. The summed E-state index contributed by atoms with van der Waals surface area (Å²) in [4.78, 5) is 16.5. The highest BCUT2D eigenvalue weighted by Gasteiger charge is 2.21. The Morgan fingerprint density at radius 1 is 1.23 bits per heavy atom. The number of benzene rings is 2. The zero-order valence-corrected chi connectivity index (χ0v) is 17.0. The van der Waals surface area contributed by atoms with Crippen LogP contribution in [0.1, 0.15) is 5.89 Å². The van der Waals surface area contributed by atoms with Gasteiger partial charge in [-0.05, 0) is 42.5 Å². The number of ether oxygens (including phenoxy) is 1. The zero-order valence-electron chi connectivity index (χ0n) is 16.2. The van der Waals surface area contributed by atoms with Gasteiger partial charge in [-0.3, -0.25) is 9.10 Å². The molecule has 0 atom stereocenters. The number of rotatable bonds is 8. The van der Waals surface area contributed by atoms with Crippen molar-refractivity contribution in [2.24, 2.45) is 0 Å². The molecule has 0 aliphatic carbocycles. The summed E-state index contributed by atoms with van der Waals surface area (Å²) in [7, 11) is -2.25. The number of hydrogen-bond donors (Lipinski definition) is 1. The molecule has 30 heavy (non-hydrogen) atoms. The number of aromatic nitrogens is 2. The Balaban J connectivity index is 1.64. The number of nitrogens with one attached hydrogen (secondary N) is 1. The normalized spacial score (nSPS) is 11.2. The van der Waals surface area contributed by atoms with Gasteiger partial charge in [-0.1, -0.05) is 11.2 Å². The fourth-order valence-corrected chi connectivity index (χ4v) is 3.42. The summed E-state index contributed by atoms with van der Waals surface area (Å²) in [6.07, 6.45) is 0.935. The van der Waals surface area contributed by atoms with Crippen LogP contribution in [0, 0.1) is 5.82 Å². The first kappa shape index (κ1) is 21.2. The maximum Gasteiger partial charge on any atom is 0.246 e. The number of hydrogen-bond acceptors (Lipinski definition) is 7. The molecule has 0 saturated carbocycles. The van der Waals surface area contributed by atoms with Crippen LogP contribution in [0.25, 0.3) is 11.4 Å². The minimum absolute atomic E-state index is 0.0484. The molecule has 0 saturated heterocycles. The van der Waals surface area contributed by atoms with Gasteiger partial charge in [0.25, 0.3) is 0 Å². The SMILES string of the molecule is COc1ccc(-c2noc(CNC(=O)CN(c3cccc(F)c3)S(C)(=O)=O)n2)cc1. The molecule has 3 rings (SSSR count). The lowest BCUT2D eigenvalue weighted by Crippen LogP contribution is -2.40. The van der Waals surface area contributed by atoms with Crippen LogP contribution in [-0.4, -0.2) is 44.4 Å². The molecule has 0 unspecified atom stereocenters. The number of nitrogens with zero attached hydrogens (tertiary/aromatic N) is 3. The summed E-state index contributed by atoms with van der Waals surface area (Å²) >= 11 is 0. The number of sulfonamides is 1. The summed E-state index contributed by atoms with van der Waals surface area (Å²) in [6, 6.07) is 12.0. The molecule has 0 fully saturated rings. The number of halogens is 1. The quantitative estimate of drug-likeness (QED) is 0.576. The molecule has 2 aromatic carbocycles. The van der Waals surface area contributed by atoms with Gasteiger partial charge in [0.05, 0.1) is 25.6 Å². The first-order valence-corrected chi connectivity index (χ1v) is 10.6. The van der Waals surface area contributed by atoms with Crippen molar-refractivity contribution in [2.45, 2.75) is 6.54 Å². The van der Waals surface area contributed by atoms with Crippen molar-refractivity contribution in [3.63, 3.8) is 0 Å². The van der Waals surface area contributed by atoms with Gasteiger partial charge in [-0.25, -0.2) is 12.8 Å². The Kier molecular flexibility index (Phi) is 6.31. The van der Waals surface area contributed by atoms with Crippen LogP contribution in [0.15, 0.2) is 53.1 Å². The van der Waals surface area contributed by atoms with Crippen LogP contribution < -0.4 is 14.4 Å². The van der Waals surface area contributed by atoms with Crippen LogP contribution in [0.2, 0.25) is 0 Å². The molecule has 1 heterocycles. The highest BCUT2D eigenvalue weighted by molar-refractivity contribution is 7.92. The van der Waals surface area contributed by atoms with E-state index < -0.39 is 28.3 Å². The summed E-state index contributed by atoms with van der Waals surface area (Å²) in [5.41, 5.74) is 0.749. The summed E-state index contributed by atoms with van der Waals surface area (Å²) in [5, 5.41) is 6.37. The highest BCUT2D eigenvalue weighted by atomic mass is 32.2. The Morgan fingerprint density at radius 2 is 1.97 bits per heavy atom. The van der Waals surface area contributed by atoms with Crippen molar-refractivity contribution in [2.75, 3.05) is 24.2 Å². The topological polar surface area (TPSA) is 115 Å². The molecule has 1 amide bonds. The van der Waals surface area contributed by atoms with Gasteiger partial charge in [0.2, 0.25) is 27.6 Å². The van der Waals surface area contributed by atoms with Crippen molar-refractivity contribution in [3.05, 3.63) is 60.2 Å². The van der Waals surface area contributed by atoms with Crippen molar-refractivity contribution in [3.8, 4) is 17.1 Å². The first-order chi connectivity index (χ1) is 14.3. The smallest absolute Gasteiger partial charge is 0.246 e. The first-order valence-electron chi connectivity index (χ1n) is 8.73. The van der Waals surface area contributed by atoms with E-state index in [9.17, 15) is 17.6 Å². The van der Waals surface area contributed by atoms with Crippen LogP contribution in [0.5, 0.6) is 5.75 Å². The molecule has 11 heteroatoms. The van der Waals surface area contributed by atoms with E-state index in [0.717, 1.165) is 16.6 Å². The number of carbonyl (C=O) groups is 1. The van der Waals surface area contributed by atoms with Crippen molar-refractivity contribution < 1.29 is 26.9 Å². The lowest BCUT2D eigenvalue weighted by molar-refractivity contribution is -0.119. The predicted molar refractivity (Wildman–Crippen MR) is 107 cm³/mol. The van der Waals surface area contributed by atoms with E-state index >= 15 is 0 Å². The number of methoxy groups -OCH3 is 1. The Hall–Kier alpha value is -3.47. The van der Waals surface area contributed by atoms with Gasteiger partial charge in [-0.2, -0.15) is 4.98 Å². The van der Waals surface area contributed by atoms with Crippen molar-refractivity contribution in [1.29, 1.82) is 0 Å². The molecular formula is C19H19FN4O5S. The summed E-state index contributed by atoms with van der Waals surface area (Å²) in [6.45, 7) is -0.621. The lowest BCUT2D eigenvalue weighted by atomic mass is 10.2. The molecule has 1 N–H and O–H groups in total. The fraction of sp³-hybridized carbons (Fsp3) is 0.211. The molecule has 0 spiro atoms. The third kappa shape index (κ3) is 5.32. The largest absolute Gasteiger partial charge is 0.497 e. The highest BCUT2D eigenvalue weighted by Crippen LogP contribution is 2.20. The van der Waals surface area contributed by atoms with E-state index in [4.69, 9.17) is 9.26 Å². The Labute approximate surface area is 172 Å². The van der Waals surface area contributed by atoms with Crippen LogP contribution in [-0.2, 0) is 21.4 Å². The van der Waals surface area contributed by atoms with E-state index in [2.05, 4.69) is 15.5 Å². The number of amides is 1. The fourth-order valence-electron chi connectivity index (χ4n) is 2.58.